The lowest BCUT2D eigenvalue weighted by molar-refractivity contribution is -0.0293. The quantitative estimate of drug-likeness (QED) is 0.644. The van der Waals surface area contributed by atoms with Gasteiger partial charge in [-0.15, -0.1) is 12.4 Å². The molecule has 2 aromatic carbocycles. The Hall–Kier alpha value is -1.59. The van der Waals surface area contributed by atoms with Gasteiger partial charge in [0, 0.05) is 25.6 Å². The Balaban J connectivity index is 0.00000300. The number of halogens is 1. The highest BCUT2D eigenvalue weighted by Crippen LogP contribution is 2.42. The Morgan fingerprint density at radius 1 is 1.07 bits per heavy atom. The maximum Gasteiger partial charge on any atom is 0.118 e. The van der Waals surface area contributed by atoms with Crippen LogP contribution in [-0.2, 0) is 10.3 Å². The second-order valence-electron chi connectivity index (χ2n) is 7.63. The van der Waals surface area contributed by atoms with Gasteiger partial charge in [-0.1, -0.05) is 62.2 Å². The average Bonchev–Trinajstić information content (AvgIpc) is 2.77. The summed E-state index contributed by atoms with van der Waals surface area (Å²) in [7, 11) is 1.67. The number of hydrogen-bond acceptors (Lipinski definition) is 4. The van der Waals surface area contributed by atoms with E-state index in [0.717, 1.165) is 63.4 Å². The molecule has 0 radical (unpaired) electrons. The molecule has 0 saturated carbocycles. The molecule has 5 heteroatoms. The van der Waals surface area contributed by atoms with E-state index in [9.17, 15) is 5.11 Å². The molecule has 2 unspecified atom stereocenters. The summed E-state index contributed by atoms with van der Waals surface area (Å²) in [6.45, 7) is 6.34. The topological polar surface area (TPSA) is 41.9 Å². The second kappa shape index (κ2) is 11.6. The number of morpholine rings is 1. The number of unbranched alkanes of at least 4 members (excludes halogenated alkanes) is 1. The number of nitrogens with zero attached hydrogens (tertiary/aromatic N) is 1. The summed E-state index contributed by atoms with van der Waals surface area (Å²) in [4.78, 5) is 2.42. The molecule has 0 aliphatic carbocycles. The van der Waals surface area contributed by atoms with E-state index in [2.05, 4.69) is 36.1 Å². The summed E-state index contributed by atoms with van der Waals surface area (Å²) in [5, 5.41) is 12.1. The Labute approximate surface area is 181 Å². The molecule has 3 rings (SSSR count). The zero-order valence-corrected chi connectivity index (χ0v) is 18.4. The molecule has 0 aromatic heterocycles. The summed E-state index contributed by atoms with van der Waals surface area (Å²) >= 11 is 0. The van der Waals surface area contributed by atoms with Crippen LogP contribution >= 0.6 is 12.4 Å². The molecule has 1 N–H and O–H groups in total. The van der Waals surface area contributed by atoms with E-state index in [1.807, 2.05) is 30.3 Å². The molecule has 0 spiro atoms. The highest BCUT2D eigenvalue weighted by Gasteiger charge is 2.40. The zero-order chi connectivity index (χ0) is 19.8. The molecule has 4 nitrogen and oxygen atoms in total. The number of methoxy groups -OCH3 is 1. The van der Waals surface area contributed by atoms with Gasteiger partial charge < -0.3 is 14.6 Å². The summed E-state index contributed by atoms with van der Waals surface area (Å²) in [5.74, 6) is 0.803. The summed E-state index contributed by atoms with van der Waals surface area (Å²) in [6, 6.07) is 18.4. The van der Waals surface area contributed by atoms with Crippen molar-refractivity contribution in [3.8, 4) is 5.75 Å². The van der Waals surface area contributed by atoms with Crippen LogP contribution in [0.2, 0.25) is 0 Å². The molecule has 2 aromatic rings. The molecule has 1 saturated heterocycles. The normalized spacial score (nSPS) is 17.8. The standard InChI is InChI=1S/C24H33NO3.ClH/c1-3-4-14-24(26,21-10-12-22(27-2)13-11-21)23(20-8-6-5-7-9-20)19-25-15-17-28-18-16-25;/h5-13,23,26H,3-4,14-19H2,1-2H3;1H. The maximum absolute atomic E-state index is 12.1. The van der Waals surface area contributed by atoms with Crippen molar-refractivity contribution in [2.24, 2.45) is 0 Å². The van der Waals surface area contributed by atoms with Crippen molar-refractivity contribution in [3.05, 3.63) is 65.7 Å². The highest BCUT2D eigenvalue weighted by molar-refractivity contribution is 5.85. The maximum atomic E-state index is 12.1. The summed E-state index contributed by atoms with van der Waals surface area (Å²) < 4.78 is 10.9. The second-order valence-corrected chi connectivity index (χ2v) is 7.63. The van der Waals surface area contributed by atoms with E-state index in [4.69, 9.17) is 9.47 Å². The molecule has 1 aliphatic rings. The van der Waals surface area contributed by atoms with Crippen LogP contribution in [0.25, 0.3) is 0 Å². The van der Waals surface area contributed by atoms with Gasteiger partial charge in [-0.2, -0.15) is 0 Å². The van der Waals surface area contributed by atoms with Crippen molar-refractivity contribution in [1.29, 1.82) is 0 Å². The lowest BCUT2D eigenvalue weighted by Crippen LogP contribution is -2.45. The van der Waals surface area contributed by atoms with E-state index in [1.54, 1.807) is 7.11 Å². The lowest BCUT2D eigenvalue weighted by Gasteiger charge is -2.41. The smallest absolute Gasteiger partial charge is 0.118 e. The van der Waals surface area contributed by atoms with Crippen molar-refractivity contribution < 1.29 is 14.6 Å². The van der Waals surface area contributed by atoms with Crippen molar-refractivity contribution in [2.45, 2.75) is 37.7 Å². The van der Waals surface area contributed by atoms with Gasteiger partial charge in [0.05, 0.1) is 25.9 Å². The monoisotopic (exact) mass is 419 g/mol. The molecule has 1 heterocycles. The van der Waals surface area contributed by atoms with Crippen LogP contribution in [0.15, 0.2) is 54.6 Å². The van der Waals surface area contributed by atoms with Gasteiger partial charge in [0.2, 0.25) is 0 Å². The van der Waals surface area contributed by atoms with Crippen molar-refractivity contribution in [2.75, 3.05) is 40.0 Å². The fourth-order valence-corrected chi connectivity index (χ4v) is 4.11. The number of aliphatic hydroxyl groups is 1. The van der Waals surface area contributed by atoms with Gasteiger partial charge in [0.15, 0.2) is 0 Å². The molecule has 2 atom stereocenters. The fraction of sp³-hybridized carbons (Fsp3) is 0.500. The predicted octanol–water partition coefficient (Wildman–Crippen LogP) is 4.61. The Kier molecular flexibility index (Phi) is 9.44. The van der Waals surface area contributed by atoms with Crippen LogP contribution < -0.4 is 4.74 Å². The third kappa shape index (κ3) is 5.95. The van der Waals surface area contributed by atoms with Crippen LogP contribution in [0.3, 0.4) is 0 Å². The molecule has 0 bridgehead atoms. The van der Waals surface area contributed by atoms with Crippen LogP contribution in [0.5, 0.6) is 5.75 Å². The molecule has 0 amide bonds. The van der Waals surface area contributed by atoms with Gasteiger partial charge in [0.1, 0.15) is 5.75 Å². The number of benzene rings is 2. The third-order valence-corrected chi connectivity index (χ3v) is 5.82. The molecular formula is C24H34ClNO3. The first-order valence-corrected chi connectivity index (χ1v) is 10.4. The lowest BCUT2D eigenvalue weighted by atomic mass is 9.74. The first kappa shape index (κ1) is 23.7. The minimum Gasteiger partial charge on any atom is -0.497 e. The Morgan fingerprint density at radius 3 is 2.31 bits per heavy atom. The zero-order valence-electron chi connectivity index (χ0n) is 17.5. The molecule has 29 heavy (non-hydrogen) atoms. The van der Waals surface area contributed by atoms with E-state index in [1.165, 1.54) is 5.56 Å². The van der Waals surface area contributed by atoms with Crippen molar-refractivity contribution in [3.63, 3.8) is 0 Å². The molecule has 160 valence electrons. The Bertz CT molecular complexity index is 704. The molecule has 1 fully saturated rings. The minimum atomic E-state index is -0.929. The van der Waals surface area contributed by atoms with Gasteiger partial charge >= 0.3 is 0 Å². The van der Waals surface area contributed by atoms with E-state index < -0.39 is 5.60 Å². The van der Waals surface area contributed by atoms with Crippen LogP contribution in [0.1, 0.15) is 43.2 Å². The number of rotatable bonds is 9. The summed E-state index contributed by atoms with van der Waals surface area (Å²) in [6.07, 6.45) is 2.77. The fourth-order valence-electron chi connectivity index (χ4n) is 4.11. The number of hydrogen-bond donors (Lipinski definition) is 1. The van der Waals surface area contributed by atoms with Crippen LogP contribution in [0.4, 0.5) is 0 Å². The predicted molar refractivity (Wildman–Crippen MR) is 120 cm³/mol. The van der Waals surface area contributed by atoms with Gasteiger partial charge in [0.25, 0.3) is 0 Å². The van der Waals surface area contributed by atoms with Gasteiger partial charge in [-0.3, -0.25) is 4.90 Å². The first-order chi connectivity index (χ1) is 13.7. The minimum absolute atomic E-state index is 0. The van der Waals surface area contributed by atoms with Crippen molar-refractivity contribution in [1.82, 2.24) is 4.90 Å². The highest BCUT2D eigenvalue weighted by atomic mass is 35.5. The first-order valence-electron chi connectivity index (χ1n) is 10.4. The van der Waals surface area contributed by atoms with Crippen molar-refractivity contribution >= 4 is 12.4 Å². The van der Waals surface area contributed by atoms with E-state index in [0.29, 0.717) is 0 Å². The van der Waals surface area contributed by atoms with Crippen LogP contribution in [0, 0.1) is 0 Å². The number of ether oxygens (including phenoxy) is 2. The average molecular weight is 420 g/mol. The Morgan fingerprint density at radius 2 is 1.72 bits per heavy atom. The third-order valence-electron chi connectivity index (χ3n) is 5.82. The van der Waals surface area contributed by atoms with E-state index >= 15 is 0 Å². The summed E-state index contributed by atoms with van der Waals surface area (Å²) in [5.41, 5.74) is 1.22. The largest absolute Gasteiger partial charge is 0.497 e. The van der Waals surface area contributed by atoms with Crippen LogP contribution in [-0.4, -0.2) is 50.0 Å². The van der Waals surface area contributed by atoms with Gasteiger partial charge in [-0.25, -0.2) is 0 Å². The molecular weight excluding hydrogens is 386 g/mol. The SMILES string of the molecule is CCCCC(O)(c1ccc(OC)cc1)C(CN1CCOCC1)c1ccccc1.Cl. The van der Waals surface area contributed by atoms with Gasteiger partial charge in [-0.05, 0) is 29.7 Å². The molecule has 1 aliphatic heterocycles. The van der Waals surface area contributed by atoms with E-state index in [-0.39, 0.29) is 18.3 Å².